The van der Waals surface area contributed by atoms with Gasteiger partial charge in [-0.2, -0.15) is 0 Å². The highest BCUT2D eigenvalue weighted by atomic mass is 35.5. The summed E-state index contributed by atoms with van der Waals surface area (Å²) in [5.41, 5.74) is 1.79. The van der Waals surface area contributed by atoms with Crippen LogP contribution in [0.15, 0.2) is 18.2 Å². The maximum absolute atomic E-state index is 11.8. The molecule has 1 fully saturated rings. The van der Waals surface area contributed by atoms with E-state index in [-0.39, 0.29) is 5.91 Å². The first-order valence-electron chi connectivity index (χ1n) is 5.32. The Kier molecular flexibility index (Phi) is 3.17. The van der Waals surface area contributed by atoms with Crippen molar-refractivity contribution in [1.82, 2.24) is 0 Å². The van der Waals surface area contributed by atoms with Gasteiger partial charge in [0.15, 0.2) is 0 Å². The van der Waals surface area contributed by atoms with Gasteiger partial charge in [-0.15, -0.1) is 0 Å². The Hall–Kier alpha value is -1.06. The molecule has 0 spiro atoms. The lowest BCUT2D eigenvalue weighted by Crippen LogP contribution is -2.42. The van der Waals surface area contributed by atoms with E-state index >= 15 is 0 Å². The second-order valence-electron chi connectivity index (χ2n) is 4.13. The molecule has 1 saturated heterocycles. The molecule has 0 bridgehead atoms. The predicted octanol–water partition coefficient (Wildman–Crippen LogP) is 2.14. The number of hydrogen-bond acceptors (Lipinski definition) is 2. The molecule has 0 aliphatic carbocycles. The number of β-amino-alcohol motifs (C(OH)–C–C–N with tert-alkyl or cyclic N) is 1. The van der Waals surface area contributed by atoms with Gasteiger partial charge in [-0.25, -0.2) is 0 Å². The van der Waals surface area contributed by atoms with Crippen molar-refractivity contribution in [3.8, 4) is 0 Å². The van der Waals surface area contributed by atoms with E-state index in [1.807, 2.05) is 19.1 Å². The predicted molar refractivity (Wildman–Crippen MR) is 63.8 cm³/mol. The van der Waals surface area contributed by atoms with Crippen molar-refractivity contribution in [2.75, 3.05) is 11.4 Å². The summed E-state index contributed by atoms with van der Waals surface area (Å²) in [5, 5.41) is 10.2. The SMILES string of the molecule is Cc1cc(Cl)ccc1N1CC(O)CCC1=O. The van der Waals surface area contributed by atoms with E-state index < -0.39 is 6.10 Å². The van der Waals surface area contributed by atoms with Crippen molar-refractivity contribution >= 4 is 23.2 Å². The number of carbonyl (C=O) groups is 1. The van der Waals surface area contributed by atoms with Crippen molar-refractivity contribution in [1.29, 1.82) is 0 Å². The van der Waals surface area contributed by atoms with E-state index in [9.17, 15) is 9.90 Å². The van der Waals surface area contributed by atoms with Crippen LogP contribution in [0.25, 0.3) is 0 Å². The smallest absolute Gasteiger partial charge is 0.227 e. The Morgan fingerprint density at radius 1 is 1.50 bits per heavy atom. The number of aryl methyl sites for hydroxylation is 1. The van der Waals surface area contributed by atoms with Gasteiger partial charge in [0.05, 0.1) is 12.6 Å². The first kappa shape index (κ1) is 11.4. The Morgan fingerprint density at radius 2 is 2.25 bits per heavy atom. The molecule has 4 heteroatoms. The summed E-state index contributed by atoms with van der Waals surface area (Å²) < 4.78 is 0. The third-order valence-electron chi connectivity index (χ3n) is 2.84. The number of piperidine rings is 1. The van der Waals surface area contributed by atoms with Crippen LogP contribution in [0, 0.1) is 6.92 Å². The summed E-state index contributed by atoms with van der Waals surface area (Å²) >= 11 is 5.87. The number of amides is 1. The van der Waals surface area contributed by atoms with Gasteiger partial charge in [-0.3, -0.25) is 4.79 Å². The standard InChI is InChI=1S/C12H14ClNO2/c1-8-6-9(13)2-4-11(8)14-7-10(15)3-5-12(14)16/h2,4,6,10,15H,3,5,7H2,1H3. The molecule has 1 heterocycles. The molecule has 1 amide bonds. The van der Waals surface area contributed by atoms with Crippen LogP contribution >= 0.6 is 11.6 Å². The van der Waals surface area contributed by atoms with E-state index in [4.69, 9.17) is 11.6 Å². The molecule has 0 radical (unpaired) electrons. The van der Waals surface area contributed by atoms with Gasteiger partial charge in [-0.1, -0.05) is 11.6 Å². The normalized spacial score (nSPS) is 21.3. The second kappa shape index (κ2) is 4.44. The molecule has 3 nitrogen and oxygen atoms in total. The molecule has 1 atom stereocenters. The summed E-state index contributed by atoms with van der Waals surface area (Å²) in [6, 6.07) is 5.41. The van der Waals surface area contributed by atoms with E-state index in [1.165, 1.54) is 0 Å². The number of halogens is 1. The summed E-state index contributed by atoms with van der Waals surface area (Å²) in [7, 11) is 0. The Balaban J connectivity index is 2.31. The summed E-state index contributed by atoms with van der Waals surface area (Å²) in [5.74, 6) is 0.0655. The van der Waals surface area contributed by atoms with Crippen LogP contribution in [0.4, 0.5) is 5.69 Å². The van der Waals surface area contributed by atoms with E-state index in [2.05, 4.69) is 0 Å². The van der Waals surface area contributed by atoms with Crippen LogP contribution in [0.2, 0.25) is 5.02 Å². The fourth-order valence-corrected chi connectivity index (χ4v) is 2.21. The topological polar surface area (TPSA) is 40.5 Å². The molecule has 0 aromatic heterocycles. The maximum atomic E-state index is 11.8. The number of rotatable bonds is 1. The number of nitrogens with zero attached hydrogens (tertiary/aromatic N) is 1. The fraction of sp³-hybridized carbons (Fsp3) is 0.417. The number of carbonyl (C=O) groups excluding carboxylic acids is 1. The zero-order valence-corrected chi connectivity index (χ0v) is 9.87. The number of benzene rings is 1. The number of hydrogen-bond donors (Lipinski definition) is 1. The summed E-state index contributed by atoms with van der Waals surface area (Å²) in [4.78, 5) is 13.4. The fourth-order valence-electron chi connectivity index (χ4n) is 1.98. The number of aliphatic hydroxyl groups is 1. The first-order chi connectivity index (χ1) is 7.58. The van der Waals surface area contributed by atoms with Gasteiger partial charge < -0.3 is 10.0 Å². The minimum absolute atomic E-state index is 0.0655. The first-order valence-corrected chi connectivity index (χ1v) is 5.70. The maximum Gasteiger partial charge on any atom is 0.227 e. The molecule has 1 aromatic rings. The molecule has 1 unspecified atom stereocenters. The van der Waals surface area contributed by atoms with Crippen LogP contribution in [-0.2, 0) is 4.79 Å². The Labute approximate surface area is 99.6 Å². The lowest BCUT2D eigenvalue weighted by molar-refractivity contribution is -0.121. The van der Waals surface area contributed by atoms with E-state index in [1.54, 1.807) is 11.0 Å². The number of anilines is 1. The van der Waals surface area contributed by atoms with Crippen molar-refractivity contribution in [3.63, 3.8) is 0 Å². The molecule has 0 saturated carbocycles. The van der Waals surface area contributed by atoms with Crippen LogP contribution in [0.3, 0.4) is 0 Å². The van der Waals surface area contributed by atoms with Crippen molar-refractivity contribution in [3.05, 3.63) is 28.8 Å². The minimum Gasteiger partial charge on any atom is -0.391 e. The van der Waals surface area contributed by atoms with Gasteiger partial charge in [0.1, 0.15) is 0 Å². The van der Waals surface area contributed by atoms with Crippen molar-refractivity contribution < 1.29 is 9.90 Å². The second-order valence-corrected chi connectivity index (χ2v) is 4.56. The zero-order chi connectivity index (χ0) is 11.7. The van der Waals surface area contributed by atoms with Crippen LogP contribution < -0.4 is 4.90 Å². The molecule has 1 N–H and O–H groups in total. The molecule has 16 heavy (non-hydrogen) atoms. The average Bonchev–Trinajstić information content (AvgIpc) is 2.22. The van der Waals surface area contributed by atoms with Gasteiger partial charge in [-0.05, 0) is 37.1 Å². The monoisotopic (exact) mass is 239 g/mol. The Bertz CT molecular complexity index is 419. The zero-order valence-electron chi connectivity index (χ0n) is 9.11. The molecule has 1 aromatic carbocycles. The van der Waals surface area contributed by atoms with Crippen LogP contribution in [-0.4, -0.2) is 23.7 Å². The van der Waals surface area contributed by atoms with Gasteiger partial charge in [0.2, 0.25) is 5.91 Å². The molecule has 2 rings (SSSR count). The molecular formula is C12H14ClNO2. The molecule has 86 valence electrons. The third kappa shape index (κ3) is 2.20. The number of aliphatic hydroxyl groups excluding tert-OH is 1. The van der Waals surface area contributed by atoms with Gasteiger partial charge in [0.25, 0.3) is 0 Å². The third-order valence-corrected chi connectivity index (χ3v) is 3.07. The molecule has 1 aliphatic rings. The van der Waals surface area contributed by atoms with E-state index in [0.29, 0.717) is 24.4 Å². The van der Waals surface area contributed by atoms with Crippen molar-refractivity contribution in [2.45, 2.75) is 25.9 Å². The highest BCUT2D eigenvalue weighted by Gasteiger charge is 2.26. The highest BCUT2D eigenvalue weighted by Crippen LogP contribution is 2.26. The van der Waals surface area contributed by atoms with Crippen LogP contribution in [0.5, 0.6) is 0 Å². The Morgan fingerprint density at radius 3 is 2.94 bits per heavy atom. The quantitative estimate of drug-likeness (QED) is 0.816. The van der Waals surface area contributed by atoms with Gasteiger partial charge in [0, 0.05) is 17.1 Å². The lowest BCUT2D eigenvalue weighted by atomic mass is 10.1. The molecular weight excluding hydrogens is 226 g/mol. The average molecular weight is 240 g/mol. The highest BCUT2D eigenvalue weighted by molar-refractivity contribution is 6.30. The van der Waals surface area contributed by atoms with Gasteiger partial charge >= 0.3 is 0 Å². The largest absolute Gasteiger partial charge is 0.391 e. The summed E-state index contributed by atoms with van der Waals surface area (Å²) in [6.45, 7) is 2.29. The molecule has 1 aliphatic heterocycles. The van der Waals surface area contributed by atoms with Crippen LogP contribution in [0.1, 0.15) is 18.4 Å². The van der Waals surface area contributed by atoms with E-state index in [0.717, 1.165) is 11.3 Å². The lowest BCUT2D eigenvalue weighted by Gasteiger charge is -2.31. The van der Waals surface area contributed by atoms with Crippen molar-refractivity contribution in [2.24, 2.45) is 0 Å². The summed E-state index contributed by atoms with van der Waals surface area (Å²) in [6.07, 6.45) is 0.540. The minimum atomic E-state index is -0.423.